The van der Waals surface area contributed by atoms with E-state index in [9.17, 15) is 4.79 Å². The summed E-state index contributed by atoms with van der Waals surface area (Å²) < 4.78 is 0.748. The lowest BCUT2D eigenvalue weighted by atomic mass is 10.2. The van der Waals surface area contributed by atoms with E-state index in [1.807, 2.05) is 12.1 Å². The summed E-state index contributed by atoms with van der Waals surface area (Å²) >= 11 is 7.19. The van der Waals surface area contributed by atoms with Crippen molar-refractivity contribution in [2.45, 2.75) is 12.8 Å². The van der Waals surface area contributed by atoms with E-state index in [-0.39, 0.29) is 5.91 Å². The van der Waals surface area contributed by atoms with Gasteiger partial charge in [0.15, 0.2) is 0 Å². The normalized spacial score (nSPS) is 9.83. The second kappa shape index (κ2) is 4.45. The van der Waals surface area contributed by atoms with Crippen LogP contribution in [0.4, 0.5) is 0 Å². The Bertz CT molecular complexity index is 274. The molecule has 0 unspecified atom stereocenters. The Morgan fingerprint density at radius 3 is 2.92 bits per heavy atom. The van der Waals surface area contributed by atoms with E-state index in [1.54, 1.807) is 0 Å². The fourth-order valence-corrected chi connectivity index (χ4v) is 1.88. The van der Waals surface area contributed by atoms with Crippen molar-refractivity contribution in [2.75, 3.05) is 0 Å². The Balaban J connectivity index is 2.38. The molecule has 0 aliphatic carbocycles. The van der Waals surface area contributed by atoms with Gasteiger partial charge in [-0.3, -0.25) is 10.2 Å². The van der Waals surface area contributed by atoms with Crippen LogP contribution in [-0.2, 0) is 11.2 Å². The van der Waals surface area contributed by atoms with Gasteiger partial charge in [-0.2, -0.15) is 0 Å². The zero-order valence-corrected chi connectivity index (χ0v) is 7.91. The molecule has 66 valence electrons. The summed E-state index contributed by atoms with van der Waals surface area (Å²) in [5.41, 5.74) is 2.07. The SMILES string of the molecule is NNC(=O)CCc1ccc(Cl)s1. The number of hydrogen-bond acceptors (Lipinski definition) is 3. The zero-order valence-electron chi connectivity index (χ0n) is 6.34. The van der Waals surface area contributed by atoms with Gasteiger partial charge in [0.1, 0.15) is 0 Å². The molecule has 1 aromatic rings. The molecule has 0 radical (unpaired) electrons. The van der Waals surface area contributed by atoms with Crippen LogP contribution in [0.25, 0.3) is 0 Å². The van der Waals surface area contributed by atoms with Crippen LogP contribution < -0.4 is 11.3 Å². The van der Waals surface area contributed by atoms with E-state index in [1.165, 1.54) is 11.3 Å². The van der Waals surface area contributed by atoms with Crippen molar-refractivity contribution in [1.82, 2.24) is 5.43 Å². The molecule has 0 bridgehead atoms. The number of nitrogens with two attached hydrogens (primary N) is 1. The maximum Gasteiger partial charge on any atom is 0.234 e. The fraction of sp³-hybridized carbons (Fsp3) is 0.286. The predicted molar refractivity (Wildman–Crippen MR) is 50.0 cm³/mol. The molecule has 3 N–H and O–H groups in total. The Hall–Kier alpha value is -0.580. The summed E-state index contributed by atoms with van der Waals surface area (Å²) in [6, 6.07) is 3.73. The molecular formula is C7H9ClN2OS. The highest BCUT2D eigenvalue weighted by atomic mass is 35.5. The van der Waals surface area contributed by atoms with Crippen molar-refractivity contribution in [3.63, 3.8) is 0 Å². The molecule has 12 heavy (non-hydrogen) atoms. The first-order chi connectivity index (χ1) is 5.72. The van der Waals surface area contributed by atoms with Crippen LogP contribution in [0.2, 0.25) is 4.34 Å². The molecular weight excluding hydrogens is 196 g/mol. The standard InChI is InChI=1S/C7H9ClN2OS/c8-6-3-1-5(12-6)2-4-7(11)10-9/h1,3H,2,4,9H2,(H,10,11). The molecule has 0 aromatic carbocycles. The molecule has 1 rings (SSSR count). The molecule has 0 aliphatic rings. The first kappa shape index (κ1) is 9.51. The number of thiophene rings is 1. The third-order valence-electron chi connectivity index (χ3n) is 1.39. The summed E-state index contributed by atoms with van der Waals surface area (Å²) in [5.74, 6) is 4.77. The Labute approximate surface area is 79.5 Å². The van der Waals surface area contributed by atoms with Gasteiger partial charge in [0.2, 0.25) is 5.91 Å². The van der Waals surface area contributed by atoms with Gasteiger partial charge >= 0.3 is 0 Å². The number of aryl methyl sites for hydroxylation is 1. The molecule has 0 fully saturated rings. The van der Waals surface area contributed by atoms with Crippen LogP contribution in [0.15, 0.2) is 12.1 Å². The first-order valence-electron chi connectivity index (χ1n) is 3.46. The van der Waals surface area contributed by atoms with Crippen molar-refractivity contribution in [1.29, 1.82) is 0 Å². The van der Waals surface area contributed by atoms with Gasteiger partial charge in [-0.1, -0.05) is 11.6 Å². The Morgan fingerprint density at radius 1 is 1.67 bits per heavy atom. The van der Waals surface area contributed by atoms with Gasteiger partial charge in [0.05, 0.1) is 4.34 Å². The maximum absolute atomic E-state index is 10.7. The van der Waals surface area contributed by atoms with Gasteiger partial charge in [-0.05, 0) is 18.6 Å². The van der Waals surface area contributed by atoms with Crippen LogP contribution >= 0.6 is 22.9 Å². The largest absolute Gasteiger partial charge is 0.294 e. The number of hydrazine groups is 1. The lowest BCUT2D eigenvalue weighted by Crippen LogP contribution is -2.29. The number of hydrogen-bond donors (Lipinski definition) is 2. The van der Waals surface area contributed by atoms with Crippen molar-refractivity contribution >= 4 is 28.8 Å². The van der Waals surface area contributed by atoms with Gasteiger partial charge in [0.25, 0.3) is 0 Å². The molecule has 1 amide bonds. The third kappa shape index (κ3) is 2.81. The van der Waals surface area contributed by atoms with E-state index < -0.39 is 0 Å². The number of carbonyl (C=O) groups excluding carboxylic acids is 1. The van der Waals surface area contributed by atoms with Crippen LogP contribution in [0.5, 0.6) is 0 Å². The van der Waals surface area contributed by atoms with Crippen molar-refractivity contribution in [2.24, 2.45) is 5.84 Å². The van der Waals surface area contributed by atoms with Gasteiger partial charge < -0.3 is 0 Å². The predicted octanol–water partition coefficient (Wildman–Crippen LogP) is 1.32. The average molecular weight is 205 g/mol. The van der Waals surface area contributed by atoms with Gasteiger partial charge in [-0.15, -0.1) is 11.3 Å². The smallest absolute Gasteiger partial charge is 0.234 e. The molecule has 0 spiro atoms. The van der Waals surface area contributed by atoms with Crippen LogP contribution in [0.3, 0.4) is 0 Å². The molecule has 5 heteroatoms. The highest BCUT2D eigenvalue weighted by molar-refractivity contribution is 7.16. The Kier molecular flexibility index (Phi) is 3.52. The lowest BCUT2D eigenvalue weighted by Gasteiger charge is -1.95. The van der Waals surface area contributed by atoms with E-state index in [0.717, 1.165) is 9.21 Å². The number of amides is 1. The summed E-state index contributed by atoms with van der Waals surface area (Å²) in [6.07, 6.45) is 1.10. The van der Waals surface area contributed by atoms with Crippen molar-refractivity contribution in [3.05, 3.63) is 21.3 Å². The second-order valence-corrected chi connectivity index (χ2v) is 4.07. The highest BCUT2D eigenvalue weighted by Crippen LogP contribution is 2.22. The molecule has 0 saturated heterocycles. The van der Waals surface area contributed by atoms with E-state index in [4.69, 9.17) is 17.4 Å². The lowest BCUT2D eigenvalue weighted by molar-refractivity contribution is -0.121. The Morgan fingerprint density at radius 2 is 2.42 bits per heavy atom. The number of rotatable bonds is 3. The fourth-order valence-electron chi connectivity index (χ4n) is 0.795. The van der Waals surface area contributed by atoms with Gasteiger partial charge in [-0.25, -0.2) is 5.84 Å². The monoisotopic (exact) mass is 204 g/mol. The minimum absolute atomic E-state index is 0.153. The molecule has 1 aromatic heterocycles. The quantitative estimate of drug-likeness (QED) is 0.443. The topological polar surface area (TPSA) is 55.1 Å². The van der Waals surface area contributed by atoms with E-state index in [2.05, 4.69) is 5.43 Å². The first-order valence-corrected chi connectivity index (χ1v) is 4.65. The minimum Gasteiger partial charge on any atom is -0.294 e. The summed E-state index contributed by atoms with van der Waals surface area (Å²) in [7, 11) is 0. The number of nitrogens with one attached hydrogen (secondary N) is 1. The maximum atomic E-state index is 10.7. The summed E-state index contributed by atoms with van der Waals surface area (Å²) in [6.45, 7) is 0. The molecule has 3 nitrogen and oxygen atoms in total. The van der Waals surface area contributed by atoms with Crippen molar-refractivity contribution in [3.8, 4) is 0 Å². The second-order valence-electron chi connectivity index (χ2n) is 2.27. The van der Waals surface area contributed by atoms with E-state index in [0.29, 0.717) is 12.8 Å². The molecule has 1 heterocycles. The average Bonchev–Trinajstić information content (AvgIpc) is 2.47. The van der Waals surface area contributed by atoms with Crippen LogP contribution in [-0.4, -0.2) is 5.91 Å². The number of carbonyl (C=O) groups is 1. The minimum atomic E-state index is -0.153. The molecule has 0 aliphatic heterocycles. The molecule has 0 atom stereocenters. The van der Waals surface area contributed by atoms with Gasteiger partial charge in [0, 0.05) is 11.3 Å². The van der Waals surface area contributed by atoms with Crippen LogP contribution in [0, 0.1) is 0 Å². The van der Waals surface area contributed by atoms with Crippen molar-refractivity contribution < 1.29 is 4.79 Å². The summed E-state index contributed by atoms with van der Waals surface area (Å²) in [5, 5.41) is 0. The highest BCUT2D eigenvalue weighted by Gasteiger charge is 2.01. The van der Waals surface area contributed by atoms with E-state index >= 15 is 0 Å². The zero-order chi connectivity index (χ0) is 8.97. The molecule has 0 saturated carbocycles. The van der Waals surface area contributed by atoms with Crippen LogP contribution in [0.1, 0.15) is 11.3 Å². The number of halogens is 1. The third-order valence-corrected chi connectivity index (χ3v) is 2.68. The summed E-state index contributed by atoms with van der Waals surface area (Å²) in [4.78, 5) is 11.8.